The first-order chi connectivity index (χ1) is 11.6. The molecule has 2 aromatic carbocycles. The molecule has 126 valence electrons. The predicted octanol–water partition coefficient (Wildman–Crippen LogP) is 4.38. The molecule has 0 atom stereocenters. The van der Waals surface area contributed by atoms with Gasteiger partial charge in [0.05, 0.1) is 0 Å². The van der Waals surface area contributed by atoms with Crippen LogP contribution in [0.2, 0.25) is 0 Å². The zero-order valence-electron chi connectivity index (χ0n) is 13.8. The Labute approximate surface area is 148 Å². The van der Waals surface area contributed by atoms with Gasteiger partial charge in [0, 0.05) is 30.0 Å². The molecular weight excluding hydrogens is 322 g/mol. The van der Waals surface area contributed by atoms with Crippen LogP contribution < -0.4 is 5.32 Å². The highest BCUT2D eigenvalue weighted by atomic mass is 35.5. The molecule has 0 saturated carbocycles. The molecule has 0 aliphatic rings. The third-order valence-electron chi connectivity index (χ3n) is 3.92. The summed E-state index contributed by atoms with van der Waals surface area (Å²) < 4.78 is 0. The molecule has 0 saturated heterocycles. The minimum absolute atomic E-state index is 0.110. The van der Waals surface area contributed by atoms with Crippen LogP contribution in [0.4, 0.5) is 0 Å². The van der Waals surface area contributed by atoms with Gasteiger partial charge in [-0.3, -0.25) is 9.59 Å². The van der Waals surface area contributed by atoms with Gasteiger partial charge in [-0.2, -0.15) is 0 Å². The Hall–Kier alpha value is -2.13. The van der Waals surface area contributed by atoms with Gasteiger partial charge in [-0.1, -0.05) is 43.3 Å². The first-order valence-corrected chi connectivity index (χ1v) is 8.72. The molecule has 0 aromatic heterocycles. The van der Waals surface area contributed by atoms with Gasteiger partial charge in [0.15, 0.2) is 5.78 Å². The zero-order chi connectivity index (χ0) is 17.4. The molecule has 1 amide bonds. The first kappa shape index (κ1) is 18.2. The third-order valence-corrected chi connectivity index (χ3v) is 4.23. The van der Waals surface area contributed by atoms with Gasteiger partial charge in [0.1, 0.15) is 0 Å². The fraction of sp³-hybridized carbons (Fsp3) is 0.300. The summed E-state index contributed by atoms with van der Waals surface area (Å²) in [6.45, 7) is 2.57. The summed E-state index contributed by atoms with van der Waals surface area (Å²) in [4.78, 5) is 24.1. The lowest BCUT2D eigenvalue weighted by Gasteiger charge is -2.06. The average molecular weight is 344 g/mol. The number of rotatable bonds is 8. The van der Waals surface area contributed by atoms with Crippen molar-refractivity contribution in [3.8, 4) is 0 Å². The molecule has 0 aliphatic carbocycles. The molecule has 2 rings (SSSR count). The van der Waals surface area contributed by atoms with Crippen LogP contribution in [0.15, 0.2) is 48.5 Å². The highest BCUT2D eigenvalue weighted by Gasteiger charge is 2.07. The first-order valence-electron chi connectivity index (χ1n) is 8.19. The number of halogens is 1. The van der Waals surface area contributed by atoms with E-state index in [2.05, 4.69) is 12.2 Å². The zero-order valence-corrected chi connectivity index (χ0v) is 14.6. The van der Waals surface area contributed by atoms with Crippen molar-refractivity contribution in [3.63, 3.8) is 0 Å². The Morgan fingerprint density at radius 3 is 2.08 bits per heavy atom. The summed E-state index contributed by atoms with van der Waals surface area (Å²) >= 11 is 5.73. The normalized spacial score (nSPS) is 10.4. The number of ketones is 1. The van der Waals surface area contributed by atoms with Crippen molar-refractivity contribution in [2.45, 2.75) is 32.1 Å². The Balaban J connectivity index is 1.74. The van der Waals surface area contributed by atoms with Gasteiger partial charge in [-0.15, -0.1) is 11.6 Å². The van der Waals surface area contributed by atoms with Crippen molar-refractivity contribution in [1.29, 1.82) is 0 Å². The van der Waals surface area contributed by atoms with Crippen LogP contribution in [0.3, 0.4) is 0 Å². The van der Waals surface area contributed by atoms with E-state index in [1.165, 1.54) is 5.56 Å². The molecule has 3 nitrogen and oxygen atoms in total. The number of alkyl halides is 1. The monoisotopic (exact) mass is 343 g/mol. The molecule has 0 heterocycles. The third kappa shape index (κ3) is 5.20. The fourth-order valence-corrected chi connectivity index (χ4v) is 2.55. The van der Waals surface area contributed by atoms with E-state index in [0.29, 0.717) is 30.8 Å². The van der Waals surface area contributed by atoms with Gasteiger partial charge in [0.2, 0.25) is 0 Å². The van der Waals surface area contributed by atoms with Crippen molar-refractivity contribution >= 4 is 23.3 Å². The Bertz CT molecular complexity index is 616. The van der Waals surface area contributed by atoms with Crippen molar-refractivity contribution < 1.29 is 9.59 Å². The number of hydrogen-bond donors (Lipinski definition) is 1. The maximum atomic E-state index is 12.1. The number of amides is 1. The maximum Gasteiger partial charge on any atom is 0.251 e. The number of Topliss-reactive ketones (excluding diaryl/α,β-unsaturated/α-hetero) is 1. The van der Waals surface area contributed by atoms with Crippen LogP contribution in [0.25, 0.3) is 0 Å². The highest BCUT2D eigenvalue weighted by molar-refractivity contribution is 6.17. The molecule has 0 fully saturated rings. The molecule has 4 heteroatoms. The lowest BCUT2D eigenvalue weighted by molar-refractivity contribution is 0.0938. The van der Waals surface area contributed by atoms with Crippen molar-refractivity contribution in [1.82, 2.24) is 5.32 Å². The second kappa shape index (κ2) is 9.24. The SMILES string of the molecule is CCc1ccc(C(=O)CCCNC(=O)c2ccc(CCl)cc2)cc1. The second-order valence-corrected chi connectivity index (χ2v) is 5.93. The number of benzene rings is 2. The minimum atomic E-state index is -0.129. The lowest BCUT2D eigenvalue weighted by Crippen LogP contribution is -2.24. The van der Waals surface area contributed by atoms with Gasteiger partial charge in [0.25, 0.3) is 5.91 Å². The number of aryl methyl sites for hydroxylation is 1. The van der Waals surface area contributed by atoms with Gasteiger partial charge < -0.3 is 5.32 Å². The summed E-state index contributed by atoms with van der Waals surface area (Å²) in [6.07, 6.45) is 2.02. The molecule has 0 unspecified atom stereocenters. The maximum absolute atomic E-state index is 12.1. The summed E-state index contributed by atoms with van der Waals surface area (Å²) in [7, 11) is 0. The summed E-state index contributed by atoms with van der Waals surface area (Å²) in [6, 6.07) is 14.9. The molecule has 1 N–H and O–H groups in total. The van der Waals surface area contributed by atoms with E-state index < -0.39 is 0 Å². The van der Waals surface area contributed by atoms with Crippen LogP contribution in [-0.2, 0) is 12.3 Å². The Morgan fingerprint density at radius 2 is 1.50 bits per heavy atom. The molecule has 0 aliphatic heterocycles. The van der Waals surface area contributed by atoms with Crippen LogP contribution in [0.5, 0.6) is 0 Å². The Kier molecular flexibility index (Phi) is 7.01. The number of hydrogen-bond acceptors (Lipinski definition) is 2. The van der Waals surface area contributed by atoms with Crippen LogP contribution in [-0.4, -0.2) is 18.2 Å². The van der Waals surface area contributed by atoms with E-state index in [-0.39, 0.29) is 11.7 Å². The van der Waals surface area contributed by atoms with E-state index in [0.717, 1.165) is 17.5 Å². The second-order valence-electron chi connectivity index (χ2n) is 5.66. The van der Waals surface area contributed by atoms with E-state index in [4.69, 9.17) is 11.6 Å². The summed E-state index contributed by atoms with van der Waals surface area (Å²) in [5.41, 5.74) is 3.53. The highest BCUT2D eigenvalue weighted by Crippen LogP contribution is 2.09. The number of nitrogens with one attached hydrogen (secondary N) is 1. The van der Waals surface area contributed by atoms with Crippen LogP contribution >= 0.6 is 11.6 Å². The van der Waals surface area contributed by atoms with Gasteiger partial charge in [-0.05, 0) is 36.1 Å². The summed E-state index contributed by atoms with van der Waals surface area (Å²) in [5, 5.41) is 2.84. The lowest BCUT2D eigenvalue weighted by atomic mass is 10.0. The predicted molar refractivity (Wildman–Crippen MR) is 97.7 cm³/mol. The quantitative estimate of drug-likeness (QED) is 0.439. The van der Waals surface area contributed by atoms with E-state index in [9.17, 15) is 9.59 Å². The van der Waals surface area contributed by atoms with Crippen molar-refractivity contribution in [3.05, 3.63) is 70.8 Å². The van der Waals surface area contributed by atoms with E-state index in [1.807, 2.05) is 36.4 Å². The Morgan fingerprint density at radius 1 is 0.917 bits per heavy atom. The van der Waals surface area contributed by atoms with Gasteiger partial charge in [-0.25, -0.2) is 0 Å². The molecule has 0 radical (unpaired) electrons. The smallest absolute Gasteiger partial charge is 0.251 e. The number of carbonyl (C=O) groups is 2. The van der Waals surface area contributed by atoms with Crippen molar-refractivity contribution in [2.24, 2.45) is 0 Å². The van der Waals surface area contributed by atoms with Crippen LogP contribution in [0.1, 0.15) is 51.6 Å². The molecule has 0 bridgehead atoms. The minimum Gasteiger partial charge on any atom is -0.352 e. The van der Waals surface area contributed by atoms with Crippen LogP contribution in [0, 0.1) is 0 Å². The van der Waals surface area contributed by atoms with E-state index in [1.54, 1.807) is 12.1 Å². The molecule has 24 heavy (non-hydrogen) atoms. The standard InChI is InChI=1S/C20H22ClNO2/c1-2-15-5-9-17(10-6-15)19(23)4-3-13-22-20(24)18-11-7-16(14-21)8-12-18/h5-12H,2-4,13-14H2,1H3,(H,22,24). The van der Waals surface area contributed by atoms with Crippen molar-refractivity contribution in [2.75, 3.05) is 6.54 Å². The fourth-order valence-electron chi connectivity index (χ4n) is 2.37. The molecular formula is C20H22ClNO2. The molecule has 0 spiro atoms. The molecule has 2 aromatic rings. The number of carbonyl (C=O) groups excluding carboxylic acids is 2. The summed E-state index contributed by atoms with van der Waals surface area (Å²) in [5.74, 6) is 0.415. The largest absolute Gasteiger partial charge is 0.352 e. The average Bonchev–Trinajstić information content (AvgIpc) is 2.65. The topological polar surface area (TPSA) is 46.2 Å². The van der Waals surface area contributed by atoms with Gasteiger partial charge >= 0.3 is 0 Å². The van der Waals surface area contributed by atoms with E-state index >= 15 is 0 Å².